The van der Waals surface area contributed by atoms with Crippen LogP contribution < -0.4 is 10.1 Å². The highest BCUT2D eigenvalue weighted by Gasteiger charge is 2.13. The van der Waals surface area contributed by atoms with Crippen LogP contribution in [0.25, 0.3) is 11.3 Å². The first-order chi connectivity index (χ1) is 11.2. The fourth-order valence-corrected chi connectivity index (χ4v) is 2.79. The number of hydrogen-bond acceptors (Lipinski definition) is 5. The van der Waals surface area contributed by atoms with Gasteiger partial charge >= 0.3 is 0 Å². The molecule has 0 saturated carbocycles. The van der Waals surface area contributed by atoms with E-state index >= 15 is 0 Å². The molecular formula is C17H15NO4S. The van der Waals surface area contributed by atoms with Crippen molar-refractivity contribution in [1.29, 1.82) is 0 Å². The molecule has 6 heteroatoms. The molecule has 2 N–H and O–H groups in total. The molecule has 0 aliphatic rings. The van der Waals surface area contributed by atoms with Gasteiger partial charge in [0, 0.05) is 5.56 Å². The summed E-state index contributed by atoms with van der Waals surface area (Å²) < 4.78 is 10.8. The molecule has 0 saturated heterocycles. The molecule has 3 rings (SSSR count). The van der Waals surface area contributed by atoms with Crippen LogP contribution in [0.1, 0.15) is 15.4 Å². The highest BCUT2D eigenvalue weighted by molar-refractivity contribution is 7.12. The highest BCUT2D eigenvalue weighted by atomic mass is 32.1. The summed E-state index contributed by atoms with van der Waals surface area (Å²) in [6.45, 7) is -0.155. The van der Waals surface area contributed by atoms with Crippen LogP contribution in [0.4, 0.5) is 5.69 Å². The van der Waals surface area contributed by atoms with E-state index in [0.717, 1.165) is 5.56 Å². The number of hydrogen-bond donors (Lipinski definition) is 2. The topological polar surface area (TPSA) is 71.7 Å². The van der Waals surface area contributed by atoms with Crippen molar-refractivity contribution in [2.45, 2.75) is 6.61 Å². The molecule has 0 unspecified atom stereocenters. The minimum atomic E-state index is -0.189. The number of thiophene rings is 1. The standard InChI is InChI=1S/C17H15NO4S/c1-21-15-6-4-11(14-7-5-12(10-19)22-14)9-13(15)18-17(20)16-3-2-8-23-16/h2-9,19H,10H2,1H3,(H,18,20). The van der Waals surface area contributed by atoms with E-state index in [9.17, 15) is 4.79 Å². The van der Waals surface area contributed by atoms with Crippen LogP contribution >= 0.6 is 11.3 Å². The van der Waals surface area contributed by atoms with E-state index in [1.807, 2.05) is 17.5 Å². The molecule has 1 amide bonds. The number of aliphatic hydroxyl groups excluding tert-OH is 1. The number of carbonyl (C=O) groups excluding carboxylic acids is 1. The molecule has 118 valence electrons. The van der Waals surface area contributed by atoms with Gasteiger partial charge in [-0.3, -0.25) is 4.79 Å². The summed E-state index contributed by atoms with van der Waals surface area (Å²) in [6, 6.07) is 12.5. The number of methoxy groups -OCH3 is 1. The lowest BCUT2D eigenvalue weighted by atomic mass is 10.1. The van der Waals surface area contributed by atoms with Crippen molar-refractivity contribution < 1.29 is 19.1 Å². The summed E-state index contributed by atoms with van der Waals surface area (Å²) in [7, 11) is 1.55. The number of carbonyl (C=O) groups is 1. The van der Waals surface area contributed by atoms with Gasteiger partial charge in [-0.05, 0) is 41.8 Å². The van der Waals surface area contributed by atoms with E-state index in [1.165, 1.54) is 11.3 Å². The molecule has 5 nitrogen and oxygen atoms in total. The maximum atomic E-state index is 12.2. The lowest BCUT2D eigenvalue weighted by Gasteiger charge is -2.11. The summed E-state index contributed by atoms with van der Waals surface area (Å²) in [5.74, 6) is 1.47. The highest BCUT2D eigenvalue weighted by Crippen LogP contribution is 2.32. The Morgan fingerprint density at radius 2 is 2.17 bits per heavy atom. The van der Waals surface area contributed by atoms with E-state index < -0.39 is 0 Å². The molecular weight excluding hydrogens is 314 g/mol. The third kappa shape index (κ3) is 3.28. The smallest absolute Gasteiger partial charge is 0.265 e. The molecule has 2 aromatic heterocycles. The third-order valence-electron chi connectivity index (χ3n) is 3.29. The minimum Gasteiger partial charge on any atom is -0.495 e. The van der Waals surface area contributed by atoms with Crippen LogP contribution in [0.2, 0.25) is 0 Å². The minimum absolute atomic E-state index is 0.155. The lowest BCUT2D eigenvalue weighted by molar-refractivity contribution is 0.103. The average Bonchev–Trinajstić information content (AvgIpc) is 3.26. The van der Waals surface area contributed by atoms with Crippen LogP contribution in [0.5, 0.6) is 5.75 Å². The summed E-state index contributed by atoms with van der Waals surface area (Å²) in [5, 5.41) is 13.8. The molecule has 2 heterocycles. The number of benzene rings is 1. The van der Waals surface area contributed by atoms with Crippen molar-refractivity contribution in [3.8, 4) is 17.1 Å². The summed E-state index contributed by atoms with van der Waals surface area (Å²) in [4.78, 5) is 12.9. The Balaban J connectivity index is 1.91. The van der Waals surface area contributed by atoms with Gasteiger partial charge in [-0.15, -0.1) is 11.3 Å². The largest absolute Gasteiger partial charge is 0.495 e. The third-order valence-corrected chi connectivity index (χ3v) is 4.16. The van der Waals surface area contributed by atoms with Gasteiger partial charge < -0.3 is 19.6 Å². The first-order valence-corrected chi connectivity index (χ1v) is 7.82. The van der Waals surface area contributed by atoms with E-state index in [2.05, 4.69) is 5.32 Å². The van der Waals surface area contributed by atoms with E-state index in [-0.39, 0.29) is 12.5 Å². The molecule has 0 bridgehead atoms. The van der Waals surface area contributed by atoms with Crippen LogP contribution in [0.15, 0.2) is 52.3 Å². The van der Waals surface area contributed by atoms with Gasteiger partial charge in [0.15, 0.2) is 0 Å². The predicted molar refractivity (Wildman–Crippen MR) is 88.9 cm³/mol. The Hall–Kier alpha value is -2.57. The Morgan fingerprint density at radius 1 is 1.30 bits per heavy atom. The second-order valence-electron chi connectivity index (χ2n) is 4.77. The van der Waals surface area contributed by atoms with Gasteiger partial charge in [-0.1, -0.05) is 6.07 Å². The van der Waals surface area contributed by atoms with Crippen LogP contribution in [-0.2, 0) is 6.61 Å². The Morgan fingerprint density at radius 3 is 2.83 bits per heavy atom. The molecule has 0 spiro atoms. The number of nitrogens with one attached hydrogen (secondary N) is 1. The number of rotatable bonds is 5. The number of amides is 1. The van der Waals surface area contributed by atoms with E-state index in [1.54, 1.807) is 37.4 Å². The van der Waals surface area contributed by atoms with Crippen molar-refractivity contribution in [3.05, 3.63) is 58.5 Å². The van der Waals surface area contributed by atoms with Gasteiger partial charge in [0.2, 0.25) is 0 Å². The molecule has 0 fully saturated rings. The van der Waals surface area contributed by atoms with Crippen molar-refractivity contribution in [1.82, 2.24) is 0 Å². The number of anilines is 1. The van der Waals surface area contributed by atoms with Crippen LogP contribution in [0.3, 0.4) is 0 Å². The fourth-order valence-electron chi connectivity index (χ4n) is 2.17. The van der Waals surface area contributed by atoms with Crippen molar-refractivity contribution >= 4 is 22.9 Å². The predicted octanol–water partition coefficient (Wildman–Crippen LogP) is 3.76. The summed E-state index contributed by atoms with van der Waals surface area (Å²) >= 11 is 1.37. The molecule has 3 aromatic rings. The molecule has 23 heavy (non-hydrogen) atoms. The Bertz CT molecular complexity index is 808. The SMILES string of the molecule is COc1ccc(-c2ccc(CO)o2)cc1NC(=O)c1cccs1. The van der Waals surface area contributed by atoms with Crippen LogP contribution in [-0.4, -0.2) is 18.1 Å². The zero-order valence-electron chi connectivity index (χ0n) is 12.4. The van der Waals surface area contributed by atoms with E-state index in [0.29, 0.717) is 27.8 Å². The number of ether oxygens (including phenoxy) is 1. The Labute approximate surface area is 137 Å². The summed E-state index contributed by atoms with van der Waals surface area (Å²) in [5.41, 5.74) is 1.34. The first-order valence-electron chi connectivity index (χ1n) is 6.94. The van der Waals surface area contributed by atoms with Crippen LogP contribution in [0, 0.1) is 0 Å². The van der Waals surface area contributed by atoms with Crippen molar-refractivity contribution in [3.63, 3.8) is 0 Å². The van der Waals surface area contributed by atoms with Gasteiger partial charge in [0.1, 0.15) is 23.9 Å². The quantitative estimate of drug-likeness (QED) is 0.747. The van der Waals surface area contributed by atoms with Gasteiger partial charge in [0.05, 0.1) is 17.7 Å². The molecule has 0 radical (unpaired) electrons. The first kappa shape index (κ1) is 15.3. The molecule has 0 atom stereocenters. The average molecular weight is 329 g/mol. The molecule has 0 aliphatic carbocycles. The second-order valence-corrected chi connectivity index (χ2v) is 5.72. The zero-order valence-corrected chi connectivity index (χ0v) is 13.2. The van der Waals surface area contributed by atoms with E-state index in [4.69, 9.17) is 14.3 Å². The molecule has 1 aromatic carbocycles. The van der Waals surface area contributed by atoms with Crippen molar-refractivity contribution in [2.24, 2.45) is 0 Å². The number of aliphatic hydroxyl groups is 1. The normalized spacial score (nSPS) is 10.5. The maximum Gasteiger partial charge on any atom is 0.265 e. The van der Waals surface area contributed by atoms with Gasteiger partial charge in [-0.25, -0.2) is 0 Å². The molecule has 0 aliphatic heterocycles. The van der Waals surface area contributed by atoms with Gasteiger partial charge in [0.25, 0.3) is 5.91 Å². The van der Waals surface area contributed by atoms with Crippen molar-refractivity contribution in [2.75, 3.05) is 12.4 Å². The Kier molecular flexibility index (Phi) is 4.45. The monoisotopic (exact) mass is 329 g/mol. The second kappa shape index (κ2) is 6.68. The zero-order chi connectivity index (χ0) is 16.2. The lowest BCUT2D eigenvalue weighted by Crippen LogP contribution is -2.11. The summed E-state index contributed by atoms with van der Waals surface area (Å²) in [6.07, 6.45) is 0. The maximum absolute atomic E-state index is 12.2. The number of furan rings is 1. The van der Waals surface area contributed by atoms with Gasteiger partial charge in [-0.2, -0.15) is 0 Å². The fraction of sp³-hybridized carbons (Fsp3) is 0.118.